The summed E-state index contributed by atoms with van der Waals surface area (Å²) in [5.41, 5.74) is 2.36. The maximum Gasteiger partial charge on any atom is 0.0494 e. The first-order valence-electron chi connectivity index (χ1n) is 5.65. The van der Waals surface area contributed by atoms with Crippen LogP contribution in [0.4, 0.5) is 5.69 Å². The summed E-state index contributed by atoms with van der Waals surface area (Å²) in [5, 5.41) is 3.46. The molecule has 0 bridgehead atoms. The average Bonchev–Trinajstić information content (AvgIpc) is 2.27. The lowest BCUT2D eigenvalue weighted by molar-refractivity contribution is 0.550. The lowest BCUT2D eigenvalue weighted by Gasteiger charge is -2.14. The van der Waals surface area contributed by atoms with E-state index >= 15 is 0 Å². The zero-order valence-electron chi connectivity index (χ0n) is 9.59. The first kappa shape index (κ1) is 12.4. The molecule has 0 fully saturated rings. The van der Waals surface area contributed by atoms with Gasteiger partial charge in [-0.1, -0.05) is 38.5 Å². The topological polar surface area (TPSA) is 12.0 Å². The standard InChI is InChI=1S/C13H20ClN/c1-3-6-11(2)10-15-13-8-5-4-7-12(13)9-14/h4-5,7-8,11,15H,3,6,9-10H2,1-2H3. The first-order valence-corrected chi connectivity index (χ1v) is 6.19. The van der Waals surface area contributed by atoms with Crippen molar-refractivity contribution in [3.63, 3.8) is 0 Å². The Morgan fingerprint density at radius 2 is 2.07 bits per heavy atom. The predicted molar refractivity (Wildman–Crippen MR) is 68.6 cm³/mol. The summed E-state index contributed by atoms with van der Waals surface area (Å²) in [6.45, 7) is 5.53. The van der Waals surface area contributed by atoms with E-state index in [4.69, 9.17) is 11.6 Å². The van der Waals surface area contributed by atoms with Gasteiger partial charge in [-0.2, -0.15) is 0 Å². The lowest BCUT2D eigenvalue weighted by Crippen LogP contribution is -2.11. The molecule has 1 rings (SSSR count). The maximum absolute atomic E-state index is 5.87. The highest BCUT2D eigenvalue weighted by molar-refractivity contribution is 6.17. The van der Waals surface area contributed by atoms with E-state index in [-0.39, 0.29) is 0 Å². The van der Waals surface area contributed by atoms with Crippen LogP contribution in [0.5, 0.6) is 0 Å². The van der Waals surface area contributed by atoms with Gasteiger partial charge >= 0.3 is 0 Å². The molecule has 0 spiro atoms. The molecule has 1 aromatic carbocycles. The Hall–Kier alpha value is -0.690. The number of hydrogen-bond donors (Lipinski definition) is 1. The average molecular weight is 226 g/mol. The Labute approximate surface area is 97.8 Å². The van der Waals surface area contributed by atoms with Crippen LogP contribution >= 0.6 is 11.6 Å². The van der Waals surface area contributed by atoms with Crippen LogP contribution in [0.2, 0.25) is 0 Å². The number of para-hydroxylation sites is 1. The number of halogens is 1. The van der Waals surface area contributed by atoms with Crippen molar-refractivity contribution >= 4 is 17.3 Å². The van der Waals surface area contributed by atoms with Gasteiger partial charge in [-0.15, -0.1) is 11.6 Å². The zero-order chi connectivity index (χ0) is 11.1. The van der Waals surface area contributed by atoms with Gasteiger partial charge in [0.2, 0.25) is 0 Å². The second-order valence-corrected chi connectivity index (χ2v) is 4.33. The van der Waals surface area contributed by atoms with Crippen molar-refractivity contribution in [1.29, 1.82) is 0 Å². The van der Waals surface area contributed by atoms with Crippen LogP contribution in [0.1, 0.15) is 32.3 Å². The molecule has 0 radical (unpaired) electrons. The third-order valence-corrected chi connectivity index (χ3v) is 2.87. The van der Waals surface area contributed by atoms with E-state index in [0.717, 1.165) is 12.5 Å². The minimum atomic E-state index is 0.575. The van der Waals surface area contributed by atoms with Gasteiger partial charge in [-0.05, 0) is 24.0 Å². The molecule has 0 aliphatic carbocycles. The maximum atomic E-state index is 5.87. The monoisotopic (exact) mass is 225 g/mol. The first-order chi connectivity index (χ1) is 7.27. The van der Waals surface area contributed by atoms with Crippen molar-refractivity contribution in [3.8, 4) is 0 Å². The van der Waals surface area contributed by atoms with Gasteiger partial charge in [0, 0.05) is 18.1 Å². The summed E-state index contributed by atoms with van der Waals surface area (Å²) in [5.74, 6) is 1.30. The number of rotatable bonds is 6. The van der Waals surface area contributed by atoms with Crippen LogP contribution in [-0.4, -0.2) is 6.54 Å². The molecule has 0 aliphatic heterocycles. The summed E-state index contributed by atoms with van der Waals surface area (Å²) in [6.07, 6.45) is 2.52. The van der Waals surface area contributed by atoms with E-state index in [9.17, 15) is 0 Å². The predicted octanol–water partition coefficient (Wildman–Crippen LogP) is 4.27. The molecule has 0 heterocycles. The molecular formula is C13H20ClN. The molecule has 15 heavy (non-hydrogen) atoms. The minimum absolute atomic E-state index is 0.575. The third kappa shape index (κ3) is 4.13. The normalized spacial score (nSPS) is 12.5. The molecule has 1 N–H and O–H groups in total. The van der Waals surface area contributed by atoms with Gasteiger partial charge < -0.3 is 5.32 Å². The van der Waals surface area contributed by atoms with Crippen molar-refractivity contribution in [2.45, 2.75) is 32.6 Å². The fourth-order valence-electron chi connectivity index (χ4n) is 1.69. The SMILES string of the molecule is CCCC(C)CNc1ccccc1CCl. The Morgan fingerprint density at radius 3 is 2.73 bits per heavy atom. The van der Waals surface area contributed by atoms with Crippen LogP contribution in [0.25, 0.3) is 0 Å². The summed E-state index contributed by atoms with van der Waals surface area (Å²) >= 11 is 5.87. The van der Waals surface area contributed by atoms with Gasteiger partial charge in [-0.3, -0.25) is 0 Å². The van der Waals surface area contributed by atoms with Crippen molar-refractivity contribution in [2.75, 3.05) is 11.9 Å². The Morgan fingerprint density at radius 1 is 1.33 bits per heavy atom. The fraction of sp³-hybridized carbons (Fsp3) is 0.538. The molecule has 2 heteroatoms. The third-order valence-electron chi connectivity index (χ3n) is 2.58. The molecule has 0 aromatic heterocycles. The molecule has 1 unspecified atom stereocenters. The van der Waals surface area contributed by atoms with Gasteiger partial charge in [0.25, 0.3) is 0 Å². The molecule has 1 nitrogen and oxygen atoms in total. The second kappa shape index (κ2) is 6.73. The van der Waals surface area contributed by atoms with Crippen LogP contribution in [0, 0.1) is 5.92 Å². The number of alkyl halides is 1. The summed E-state index contributed by atoms with van der Waals surface area (Å²) in [6, 6.07) is 8.23. The summed E-state index contributed by atoms with van der Waals surface area (Å²) in [7, 11) is 0. The van der Waals surface area contributed by atoms with Gasteiger partial charge in [0.1, 0.15) is 0 Å². The number of benzene rings is 1. The van der Waals surface area contributed by atoms with Crippen LogP contribution in [0.3, 0.4) is 0 Å². The van der Waals surface area contributed by atoms with Gasteiger partial charge in [0.05, 0.1) is 0 Å². The smallest absolute Gasteiger partial charge is 0.0494 e. The number of hydrogen-bond acceptors (Lipinski definition) is 1. The fourth-order valence-corrected chi connectivity index (χ4v) is 1.92. The summed E-state index contributed by atoms with van der Waals surface area (Å²) < 4.78 is 0. The van der Waals surface area contributed by atoms with E-state index in [1.807, 2.05) is 12.1 Å². The number of anilines is 1. The molecule has 1 atom stereocenters. The van der Waals surface area contributed by atoms with E-state index < -0.39 is 0 Å². The molecule has 0 amide bonds. The minimum Gasteiger partial charge on any atom is -0.385 e. The molecule has 1 aromatic rings. The van der Waals surface area contributed by atoms with E-state index in [2.05, 4.69) is 31.3 Å². The van der Waals surface area contributed by atoms with Crippen molar-refractivity contribution in [3.05, 3.63) is 29.8 Å². The highest BCUT2D eigenvalue weighted by Crippen LogP contribution is 2.18. The van der Waals surface area contributed by atoms with Crippen molar-refractivity contribution < 1.29 is 0 Å². The largest absolute Gasteiger partial charge is 0.385 e. The molecule has 84 valence electrons. The van der Waals surface area contributed by atoms with Gasteiger partial charge in [0.15, 0.2) is 0 Å². The highest BCUT2D eigenvalue weighted by Gasteiger charge is 2.03. The van der Waals surface area contributed by atoms with Crippen LogP contribution in [-0.2, 0) is 5.88 Å². The molecular weight excluding hydrogens is 206 g/mol. The van der Waals surface area contributed by atoms with E-state index in [0.29, 0.717) is 5.88 Å². The number of nitrogens with one attached hydrogen (secondary N) is 1. The van der Waals surface area contributed by atoms with E-state index in [1.165, 1.54) is 24.1 Å². The highest BCUT2D eigenvalue weighted by atomic mass is 35.5. The lowest BCUT2D eigenvalue weighted by atomic mass is 10.1. The Kier molecular flexibility index (Phi) is 5.56. The summed E-state index contributed by atoms with van der Waals surface area (Å²) in [4.78, 5) is 0. The van der Waals surface area contributed by atoms with Crippen molar-refractivity contribution in [2.24, 2.45) is 5.92 Å². The zero-order valence-corrected chi connectivity index (χ0v) is 10.3. The quantitative estimate of drug-likeness (QED) is 0.713. The molecule has 0 saturated heterocycles. The molecule has 0 saturated carbocycles. The Bertz CT molecular complexity index is 286. The van der Waals surface area contributed by atoms with Crippen LogP contribution in [0.15, 0.2) is 24.3 Å². The van der Waals surface area contributed by atoms with Gasteiger partial charge in [-0.25, -0.2) is 0 Å². The van der Waals surface area contributed by atoms with E-state index in [1.54, 1.807) is 0 Å². The van der Waals surface area contributed by atoms with Crippen LogP contribution < -0.4 is 5.32 Å². The van der Waals surface area contributed by atoms with Crippen molar-refractivity contribution in [1.82, 2.24) is 0 Å². The second-order valence-electron chi connectivity index (χ2n) is 4.07. The Balaban J connectivity index is 2.49. The molecule has 0 aliphatic rings.